The van der Waals surface area contributed by atoms with Crippen LogP contribution < -0.4 is 0 Å². The average Bonchev–Trinajstić information content (AvgIpc) is 2.97. The van der Waals surface area contributed by atoms with Crippen LogP contribution in [0.5, 0.6) is 0 Å². The molecule has 36 heteroatoms. The number of hydrogen-bond donors (Lipinski definition) is 0. The summed E-state index contributed by atoms with van der Waals surface area (Å²) >= 11 is 0. The van der Waals surface area contributed by atoms with E-state index < -0.39 is 173 Å². The molecule has 0 nitrogen and oxygen atoms in total. The fourth-order valence-electron chi connectivity index (χ4n) is 7.15. The predicted molar refractivity (Wildman–Crippen MR) is 139 cm³/mol. The summed E-state index contributed by atoms with van der Waals surface area (Å²) in [4.78, 5) is 0. The molecule has 0 saturated heterocycles. The molecule has 0 amide bonds. The van der Waals surface area contributed by atoms with Gasteiger partial charge >= 0.3 is 74.1 Å². The molecule has 0 N–H and O–H groups in total. The Morgan fingerprint density at radius 3 is 0.258 bits per heavy atom. The molecule has 0 bridgehead atoms. The Morgan fingerprint density at radius 2 is 0.182 bits per heavy atom. The highest BCUT2D eigenvalue weighted by molar-refractivity contribution is 6.19. The second kappa shape index (κ2) is 14.3. The van der Waals surface area contributed by atoms with Crippen molar-refractivity contribution >= 4 is 32.3 Å². The molecule has 4 rings (SSSR count). The van der Waals surface area contributed by atoms with Crippen molar-refractivity contribution in [3.05, 3.63) is 66.8 Å². The van der Waals surface area contributed by atoms with E-state index in [2.05, 4.69) is 0 Å². The number of rotatable bonds is 0. The number of fused-ring (bicyclic) bond motifs is 3. The van der Waals surface area contributed by atoms with Crippen LogP contribution in [0.1, 0.15) is 66.8 Å². The molecule has 0 saturated carbocycles. The van der Waals surface area contributed by atoms with Crippen LogP contribution in [0.25, 0.3) is 32.3 Å². The smallest absolute Gasteiger partial charge is 0.166 e. The van der Waals surface area contributed by atoms with E-state index in [1.54, 1.807) is 0 Å². The zero-order valence-corrected chi connectivity index (χ0v) is 28.6. The van der Waals surface area contributed by atoms with Gasteiger partial charge in [-0.25, -0.2) is 0 Å². The van der Waals surface area contributed by atoms with Crippen LogP contribution in [-0.4, -0.2) is 0 Å². The quantitative estimate of drug-likeness (QED) is 0.122. The van der Waals surface area contributed by atoms with Crippen LogP contribution in [-0.2, 0) is 74.1 Å². The second-order valence-corrected chi connectivity index (χ2v) is 12.7. The fourth-order valence-corrected chi connectivity index (χ4v) is 7.15. The van der Waals surface area contributed by atoms with E-state index in [0.29, 0.717) is 0 Å². The van der Waals surface area contributed by atoms with Gasteiger partial charge in [0.25, 0.3) is 0 Å². The molecular weight excluding hydrogens is 1040 g/mol. The Kier molecular flexibility index (Phi) is 11.7. The van der Waals surface area contributed by atoms with Gasteiger partial charge in [-0.3, -0.25) is 0 Å². The van der Waals surface area contributed by atoms with Gasteiger partial charge in [0.2, 0.25) is 0 Å². The first-order valence-corrected chi connectivity index (χ1v) is 15.1. The van der Waals surface area contributed by atoms with Crippen molar-refractivity contribution in [2.45, 2.75) is 74.1 Å². The van der Waals surface area contributed by atoms with Gasteiger partial charge in [0, 0.05) is 32.3 Å². The molecule has 4 aromatic carbocycles. The summed E-state index contributed by atoms with van der Waals surface area (Å²) in [6.45, 7) is 0. The van der Waals surface area contributed by atoms with Crippen LogP contribution in [0.2, 0.25) is 0 Å². The minimum atomic E-state index is -8.37. The van der Waals surface area contributed by atoms with Gasteiger partial charge in [0.15, 0.2) is 0 Å². The van der Waals surface area contributed by atoms with Crippen LogP contribution in [0.4, 0.5) is 158 Å². The lowest BCUT2D eigenvalue weighted by atomic mass is 9.75. The first-order valence-electron chi connectivity index (χ1n) is 15.1. The molecule has 0 atom stereocenters. The van der Waals surface area contributed by atoms with Crippen LogP contribution in [0.3, 0.4) is 0 Å². The topological polar surface area (TPSA) is 0 Å². The molecule has 0 aliphatic rings. The summed E-state index contributed by atoms with van der Waals surface area (Å²) in [5, 5.41) is -31.0. The minimum absolute atomic E-state index is 5.15. The maximum Gasteiger partial charge on any atom is 0.417 e. The SMILES string of the molecule is FC(F)(F)c1c(C(F)(F)F)c(C(F)(F)F)c2c(C(F)(F)F)c3c(C(F)(F)F)c4c(C(F)(F)F)c(C(F)(F)F)c(C(F)(F)F)c(C(F)(F)F)c4c(C(F)(F)F)c3c(C(F)(F)F)c2c1C(F)(F)F. The Morgan fingerprint density at radius 1 is 0.106 bits per heavy atom. The van der Waals surface area contributed by atoms with E-state index in [0.717, 1.165) is 0 Å². The maximum absolute atomic E-state index is 15.1. The van der Waals surface area contributed by atoms with Crippen molar-refractivity contribution < 1.29 is 158 Å². The molecule has 0 fully saturated rings. The third-order valence-corrected chi connectivity index (χ3v) is 8.65. The zero-order chi connectivity index (χ0) is 52.4. The molecular formula is C30F36. The third kappa shape index (κ3) is 8.75. The van der Waals surface area contributed by atoms with Crippen molar-refractivity contribution in [3.63, 3.8) is 0 Å². The van der Waals surface area contributed by atoms with Crippen molar-refractivity contribution in [3.8, 4) is 0 Å². The first-order chi connectivity index (χ1) is 28.5. The Balaban J connectivity index is 3.24. The molecule has 0 radical (unpaired) electrons. The monoisotopic (exact) mass is 1040 g/mol. The summed E-state index contributed by atoms with van der Waals surface area (Å²) in [7, 11) is 0. The van der Waals surface area contributed by atoms with Crippen molar-refractivity contribution in [2.24, 2.45) is 0 Å². The Hall–Kier alpha value is -4.86. The lowest BCUT2D eigenvalue weighted by Crippen LogP contribution is -2.32. The van der Waals surface area contributed by atoms with Gasteiger partial charge in [-0.2, -0.15) is 158 Å². The van der Waals surface area contributed by atoms with Crippen LogP contribution >= 0.6 is 0 Å². The highest BCUT2D eigenvalue weighted by Gasteiger charge is 2.63. The third-order valence-electron chi connectivity index (χ3n) is 8.65. The number of halogens is 36. The number of benzene rings is 4. The van der Waals surface area contributed by atoms with Crippen molar-refractivity contribution in [2.75, 3.05) is 0 Å². The van der Waals surface area contributed by atoms with Gasteiger partial charge in [0.05, 0.1) is 66.8 Å². The molecule has 372 valence electrons. The second-order valence-electron chi connectivity index (χ2n) is 12.7. The van der Waals surface area contributed by atoms with E-state index in [4.69, 9.17) is 0 Å². The molecule has 0 aliphatic carbocycles. The normalized spacial score (nSPS) is 15.3. The van der Waals surface area contributed by atoms with E-state index in [-0.39, 0.29) is 0 Å². The molecule has 0 heterocycles. The molecule has 0 aromatic heterocycles. The fraction of sp³-hybridized carbons (Fsp3) is 0.400. The average molecular weight is 1040 g/mol. The summed E-state index contributed by atoms with van der Waals surface area (Å²) in [6.07, 6.45) is -98.7. The number of hydrogen-bond acceptors (Lipinski definition) is 0. The van der Waals surface area contributed by atoms with E-state index in [1.807, 2.05) is 0 Å². The van der Waals surface area contributed by atoms with Gasteiger partial charge in [0.1, 0.15) is 0 Å². The molecule has 66 heavy (non-hydrogen) atoms. The zero-order valence-electron chi connectivity index (χ0n) is 28.6. The van der Waals surface area contributed by atoms with E-state index >= 15 is 52.7 Å². The van der Waals surface area contributed by atoms with Gasteiger partial charge in [-0.1, -0.05) is 0 Å². The number of alkyl halides is 36. The predicted octanol–water partition coefficient (Wildman–Crippen LogP) is 17.4. The molecule has 4 aromatic rings. The van der Waals surface area contributed by atoms with Gasteiger partial charge < -0.3 is 0 Å². The Labute approximate surface area is 332 Å². The molecule has 0 spiro atoms. The van der Waals surface area contributed by atoms with Crippen molar-refractivity contribution in [1.29, 1.82) is 0 Å². The molecule has 0 aliphatic heterocycles. The van der Waals surface area contributed by atoms with Gasteiger partial charge in [-0.15, -0.1) is 0 Å². The van der Waals surface area contributed by atoms with Crippen molar-refractivity contribution in [1.82, 2.24) is 0 Å². The highest BCUT2D eigenvalue weighted by atomic mass is 19.5. The van der Waals surface area contributed by atoms with Gasteiger partial charge in [-0.05, 0) is 0 Å². The largest absolute Gasteiger partial charge is 0.417 e. The minimum Gasteiger partial charge on any atom is -0.166 e. The van der Waals surface area contributed by atoms with E-state index in [1.165, 1.54) is 0 Å². The summed E-state index contributed by atoms with van der Waals surface area (Å²) < 4.78 is 527. The van der Waals surface area contributed by atoms with Crippen LogP contribution in [0, 0.1) is 0 Å². The summed E-state index contributed by atoms with van der Waals surface area (Å²) in [5.41, 5.74) is -64.7. The highest BCUT2D eigenvalue weighted by Crippen LogP contribution is 2.65. The van der Waals surface area contributed by atoms with E-state index in [9.17, 15) is 105 Å². The lowest BCUT2D eigenvalue weighted by Gasteiger charge is -2.34. The standard InChI is InChI=1S/C30F36/c31-19(32,33)7-1-2(9(21(37,38)39)5-3(7)11(23(43,44)45)15(27(55,56)57)17(29(61,62)63)13(5)25(49,50)51)10(22(40,41)42)6-4(8(1)20(34,35)36)12(24(46,47)48)16(28(58,59)60)18(30(64,65)66)14(6)26(52,53)54. The maximum atomic E-state index is 15.1. The summed E-state index contributed by atoms with van der Waals surface area (Å²) in [5.74, 6) is 0. The first kappa shape index (κ1) is 53.8. The Bertz CT molecular complexity index is 2260. The van der Waals surface area contributed by atoms with Crippen LogP contribution in [0.15, 0.2) is 0 Å². The lowest BCUT2D eigenvalue weighted by molar-refractivity contribution is -0.182. The molecule has 0 unspecified atom stereocenters. The summed E-state index contributed by atoms with van der Waals surface area (Å²) in [6, 6.07) is 0.